The third kappa shape index (κ3) is 8.07. The number of para-hydroxylation sites is 1. The standard InChI is InChI=1S/C19H21N3O3S2.IO3/c1-3-15(20-21-16-8-10-17(11-9-16)27(23,24)25)12-13-22-14(2)26-19-7-5-4-6-18(19)22;2-1(3)4/h4-11,21H,3,12-13H2,1-2H3;/q;-1/p+1/b20-15-;. The monoisotopic (exact) mass is 579 g/mol. The van der Waals surface area contributed by atoms with E-state index in [1.54, 1.807) is 23.5 Å². The molecule has 0 aliphatic rings. The van der Waals surface area contributed by atoms with E-state index in [0.29, 0.717) is 5.69 Å². The van der Waals surface area contributed by atoms with Gasteiger partial charge < -0.3 is 10.3 Å². The largest absolute Gasteiger partial charge is 0.427 e. The summed E-state index contributed by atoms with van der Waals surface area (Å²) in [6.07, 6.45) is 1.64. The van der Waals surface area contributed by atoms with Crippen molar-refractivity contribution in [3.63, 3.8) is 0 Å². The molecule has 12 heteroatoms. The van der Waals surface area contributed by atoms with E-state index in [9.17, 15) is 8.42 Å². The summed E-state index contributed by atoms with van der Waals surface area (Å²) < 4.78 is 60.5. The van der Waals surface area contributed by atoms with Crippen LogP contribution in [0.25, 0.3) is 10.2 Å². The van der Waals surface area contributed by atoms with Crippen molar-refractivity contribution in [2.75, 3.05) is 5.43 Å². The maximum absolute atomic E-state index is 11.1. The molecular formula is C19H22IN3O6S2. The van der Waals surface area contributed by atoms with Gasteiger partial charge in [-0.3, -0.25) is 9.98 Å². The molecule has 0 aliphatic carbocycles. The second-order valence-electron chi connectivity index (χ2n) is 6.32. The summed E-state index contributed by atoms with van der Waals surface area (Å²) in [5.74, 6) is 0. The molecule has 0 amide bonds. The maximum atomic E-state index is 11.1. The minimum Gasteiger partial charge on any atom is -0.427 e. The summed E-state index contributed by atoms with van der Waals surface area (Å²) in [6.45, 7) is 5.04. The van der Waals surface area contributed by atoms with Crippen molar-refractivity contribution in [2.24, 2.45) is 5.10 Å². The zero-order valence-electron chi connectivity index (χ0n) is 16.8. The number of hydrogen-bond donors (Lipinski definition) is 2. The van der Waals surface area contributed by atoms with E-state index in [0.717, 1.165) is 25.1 Å². The van der Waals surface area contributed by atoms with Gasteiger partial charge in [0.05, 0.1) is 10.6 Å². The first-order valence-electron chi connectivity index (χ1n) is 9.11. The quantitative estimate of drug-likeness (QED) is 0.103. The highest BCUT2D eigenvalue weighted by molar-refractivity contribution is 7.85. The molecule has 3 aromatic rings. The summed E-state index contributed by atoms with van der Waals surface area (Å²) >= 11 is -2.22. The Morgan fingerprint density at radius 2 is 1.77 bits per heavy atom. The van der Waals surface area contributed by atoms with Crippen molar-refractivity contribution in [3.05, 3.63) is 53.5 Å². The van der Waals surface area contributed by atoms with Crippen LogP contribution in [0, 0.1) is 6.92 Å². The van der Waals surface area contributed by atoms with Crippen LogP contribution in [-0.4, -0.2) is 18.7 Å². The fourth-order valence-electron chi connectivity index (χ4n) is 2.83. The highest BCUT2D eigenvalue weighted by atomic mass is 127. The number of hydrogen-bond acceptors (Lipinski definition) is 8. The molecule has 0 fully saturated rings. The van der Waals surface area contributed by atoms with Crippen molar-refractivity contribution < 1.29 is 48.9 Å². The normalized spacial score (nSPS) is 12.0. The molecular weight excluding hydrogens is 557 g/mol. The third-order valence-electron chi connectivity index (χ3n) is 4.32. The Balaban J connectivity index is 0.000000785. The molecule has 2 N–H and O–H groups in total. The molecule has 0 bridgehead atoms. The number of nitrogens with one attached hydrogen (secondary N) is 1. The first kappa shape index (κ1) is 25.6. The van der Waals surface area contributed by atoms with Crippen LogP contribution in [-0.2, 0) is 16.7 Å². The first-order valence-corrected chi connectivity index (χ1v) is 14.0. The zero-order chi connectivity index (χ0) is 23.0. The van der Waals surface area contributed by atoms with Gasteiger partial charge in [-0.25, -0.2) is 0 Å². The van der Waals surface area contributed by atoms with Crippen LogP contribution in [0.2, 0.25) is 0 Å². The first-order chi connectivity index (χ1) is 14.6. The Kier molecular flexibility index (Phi) is 9.74. The van der Waals surface area contributed by atoms with Gasteiger partial charge in [0, 0.05) is 25.1 Å². The average molecular weight is 579 g/mol. The Hall–Kier alpha value is -1.68. The smallest absolute Gasteiger partial charge is 0.294 e. The lowest BCUT2D eigenvalue weighted by Gasteiger charge is -2.05. The van der Waals surface area contributed by atoms with E-state index in [-0.39, 0.29) is 4.90 Å². The van der Waals surface area contributed by atoms with Crippen molar-refractivity contribution in [1.29, 1.82) is 0 Å². The number of benzene rings is 2. The van der Waals surface area contributed by atoms with Crippen LogP contribution in [0.4, 0.5) is 5.69 Å². The lowest BCUT2D eigenvalue weighted by molar-refractivity contribution is -1.73. The molecule has 9 nitrogen and oxygen atoms in total. The number of thiazole rings is 1. The highest BCUT2D eigenvalue weighted by Gasteiger charge is 2.16. The van der Waals surface area contributed by atoms with E-state index in [2.05, 4.69) is 53.2 Å². The van der Waals surface area contributed by atoms with Gasteiger partial charge in [0.25, 0.3) is 31.2 Å². The zero-order valence-corrected chi connectivity index (χ0v) is 20.6. The predicted molar refractivity (Wildman–Crippen MR) is 109 cm³/mol. The average Bonchev–Trinajstić information content (AvgIpc) is 3.02. The van der Waals surface area contributed by atoms with Crippen molar-refractivity contribution in [3.8, 4) is 0 Å². The van der Waals surface area contributed by atoms with Crippen LogP contribution in [0.5, 0.6) is 0 Å². The third-order valence-corrected chi connectivity index (χ3v) is 6.27. The fourth-order valence-corrected chi connectivity index (χ4v) is 4.35. The summed E-state index contributed by atoms with van der Waals surface area (Å²) in [5.41, 5.74) is 5.89. The van der Waals surface area contributed by atoms with E-state index in [4.69, 9.17) is 14.9 Å². The Bertz CT molecular complexity index is 1130. The summed E-state index contributed by atoms with van der Waals surface area (Å²) in [5, 5.41) is 5.72. The van der Waals surface area contributed by atoms with E-state index in [1.165, 1.54) is 27.4 Å². The number of halogens is 1. The molecule has 168 valence electrons. The van der Waals surface area contributed by atoms with Gasteiger partial charge in [0.1, 0.15) is 4.70 Å². The van der Waals surface area contributed by atoms with E-state index in [1.807, 2.05) is 0 Å². The van der Waals surface area contributed by atoms with E-state index < -0.39 is 31.2 Å². The van der Waals surface area contributed by atoms with Gasteiger partial charge in [0.15, 0.2) is 6.54 Å². The van der Waals surface area contributed by atoms with E-state index >= 15 is 0 Å². The number of rotatable bonds is 7. The molecule has 31 heavy (non-hydrogen) atoms. The number of anilines is 1. The topological polar surface area (TPSA) is 152 Å². The fraction of sp³-hybridized carbons (Fsp3) is 0.263. The molecule has 0 saturated heterocycles. The summed E-state index contributed by atoms with van der Waals surface area (Å²) in [6, 6.07) is 14.2. The molecule has 0 spiro atoms. The number of fused-ring (bicyclic) bond motifs is 1. The predicted octanol–water partition coefficient (Wildman–Crippen LogP) is -2.55. The Labute approximate surface area is 193 Å². The number of aromatic nitrogens is 1. The maximum Gasteiger partial charge on any atom is 0.294 e. The number of aryl methyl sites for hydroxylation is 2. The molecule has 3 rings (SSSR count). The van der Waals surface area contributed by atoms with Gasteiger partial charge in [-0.2, -0.15) is 18.1 Å². The lowest BCUT2D eigenvalue weighted by atomic mass is 10.2. The SMILES string of the molecule is CC/C(CC[n+]1c(C)sc2ccccc21)=N/Nc1ccc(S(=O)(=O)O)cc1.[O-][I+2]([O-])[O-]. The van der Waals surface area contributed by atoms with Crippen molar-refractivity contribution >= 4 is 43.1 Å². The van der Waals surface area contributed by atoms with Crippen molar-refractivity contribution in [1.82, 2.24) is 0 Å². The molecule has 0 unspecified atom stereocenters. The molecule has 0 saturated carbocycles. The summed E-state index contributed by atoms with van der Waals surface area (Å²) in [4.78, 5) is -0.135. The minimum absolute atomic E-state index is 0.135. The molecule has 0 aliphatic heterocycles. The second-order valence-corrected chi connectivity index (χ2v) is 10.1. The van der Waals surface area contributed by atoms with Gasteiger partial charge in [-0.1, -0.05) is 30.4 Å². The number of nitrogens with zero attached hydrogens (tertiary/aromatic N) is 2. The molecule has 1 heterocycles. The van der Waals surface area contributed by atoms with Crippen LogP contribution >= 0.6 is 11.3 Å². The van der Waals surface area contributed by atoms with Crippen LogP contribution in [0.3, 0.4) is 0 Å². The van der Waals surface area contributed by atoms with Crippen molar-refractivity contribution in [2.45, 2.75) is 38.1 Å². The van der Waals surface area contributed by atoms with Gasteiger partial charge >= 0.3 is 0 Å². The molecule has 2 aromatic carbocycles. The minimum atomic E-state index is -4.18. The van der Waals surface area contributed by atoms with Gasteiger partial charge in [0.2, 0.25) is 10.5 Å². The van der Waals surface area contributed by atoms with Crippen LogP contribution in [0.1, 0.15) is 24.8 Å². The number of hydrazone groups is 1. The summed E-state index contributed by atoms with van der Waals surface area (Å²) in [7, 11) is -4.18. The van der Waals surface area contributed by atoms with Crippen LogP contribution < -0.4 is 41.4 Å². The molecule has 1 aromatic heterocycles. The second kappa shape index (κ2) is 11.8. The van der Waals surface area contributed by atoms with Gasteiger partial charge in [-0.05, 0) is 36.8 Å². The molecule has 0 radical (unpaired) electrons. The lowest BCUT2D eigenvalue weighted by Crippen LogP contribution is -4.05. The van der Waals surface area contributed by atoms with Crippen LogP contribution in [0.15, 0.2) is 58.5 Å². The Morgan fingerprint density at radius 3 is 2.35 bits per heavy atom. The van der Waals surface area contributed by atoms with Gasteiger partial charge in [-0.15, -0.1) is 0 Å². The highest BCUT2D eigenvalue weighted by Crippen LogP contribution is 2.19. The molecule has 0 atom stereocenters. The Morgan fingerprint density at radius 1 is 1.16 bits per heavy atom.